The Kier molecular flexibility index (Phi) is 5.15. The van der Waals surface area contributed by atoms with Crippen molar-refractivity contribution in [1.29, 1.82) is 0 Å². The standard InChI is InChI=1S/C15H20O7/c1-7(8-5-3-2-4-6-8)15(21)22-14-12(19)10(17)9(16)11(18)13(14)20/h2-7,9-14,16-20H,1H3. The number of aliphatic hydroxyl groups is 5. The topological polar surface area (TPSA) is 127 Å². The normalized spacial score (nSPS) is 36.6. The minimum atomic E-state index is -1.72. The number of esters is 1. The summed E-state index contributed by atoms with van der Waals surface area (Å²) in [7, 11) is 0. The molecule has 0 amide bonds. The molecule has 0 radical (unpaired) electrons. The zero-order valence-electron chi connectivity index (χ0n) is 12.0. The number of carbonyl (C=O) groups is 1. The van der Waals surface area contributed by atoms with E-state index in [4.69, 9.17) is 4.74 Å². The Labute approximate surface area is 127 Å². The number of hydrogen-bond donors (Lipinski definition) is 5. The first kappa shape index (κ1) is 16.9. The molecule has 7 nitrogen and oxygen atoms in total. The van der Waals surface area contributed by atoms with Gasteiger partial charge in [0.05, 0.1) is 5.92 Å². The van der Waals surface area contributed by atoms with E-state index < -0.39 is 48.5 Å². The number of hydrogen-bond acceptors (Lipinski definition) is 7. The molecule has 5 unspecified atom stereocenters. The van der Waals surface area contributed by atoms with Crippen molar-refractivity contribution < 1.29 is 35.1 Å². The predicted octanol–water partition coefficient (Wildman–Crippen LogP) is -1.48. The van der Waals surface area contributed by atoms with Crippen molar-refractivity contribution >= 4 is 5.97 Å². The molecule has 1 aliphatic rings. The summed E-state index contributed by atoms with van der Waals surface area (Å²) in [4.78, 5) is 12.1. The molecule has 7 heteroatoms. The smallest absolute Gasteiger partial charge is 0.313 e. The summed E-state index contributed by atoms with van der Waals surface area (Å²) in [5.74, 6) is -1.37. The van der Waals surface area contributed by atoms with E-state index in [-0.39, 0.29) is 0 Å². The lowest BCUT2D eigenvalue weighted by Gasteiger charge is -2.41. The van der Waals surface area contributed by atoms with Crippen LogP contribution in [0.2, 0.25) is 0 Å². The number of aliphatic hydroxyl groups excluding tert-OH is 5. The van der Waals surface area contributed by atoms with E-state index in [0.717, 1.165) is 0 Å². The maximum absolute atomic E-state index is 12.1. The Hall–Kier alpha value is -1.51. The van der Waals surface area contributed by atoms with Crippen LogP contribution in [0.1, 0.15) is 18.4 Å². The van der Waals surface area contributed by atoms with Gasteiger partial charge in [-0.1, -0.05) is 30.3 Å². The highest BCUT2D eigenvalue weighted by atomic mass is 16.6. The highest BCUT2D eigenvalue weighted by Gasteiger charge is 2.50. The highest BCUT2D eigenvalue weighted by Crippen LogP contribution is 2.26. The maximum atomic E-state index is 12.1. The number of carbonyl (C=O) groups excluding carboxylic acids is 1. The molecule has 5 atom stereocenters. The van der Waals surface area contributed by atoms with E-state index in [0.29, 0.717) is 5.56 Å². The van der Waals surface area contributed by atoms with Crippen molar-refractivity contribution in [2.24, 2.45) is 0 Å². The first-order valence-electron chi connectivity index (χ1n) is 7.00. The highest BCUT2D eigenvalue weighted by molar-refractivity contribution is 5.77. The van der Waals surface area contributed by atoms with Crippen molar-refractivity contribution in [1.82, 2.24) is 0 Å². The van der Waals surface area contributed by atoms with Crippen LogP contribution >= 0.6 is 0 Å². The van der Waals surface area contributed by atoms with Crippen LogP contribution in [0.25, 0.3) is 0 Å². The van der Waals surface area contributed by atoms with Crippen molar-refractivity contribution in [3.05, 3.63) is 35.9 Å². The van der Waals surface area contributed by atoms with E-state index in [1.807, 2.05) is 0 Å². The van der Waals surface area contributed by atoms with Gasteiger partial charge in [-0.3, -0.25) is 4.79 Å². The molecule has 1 saturated carbocycles. The average molecular weight is 312 g/mol. The molecule has 1 fully saturated rings. The summed E-state index contributed by atoms with van der Waals surface area (Å²) < 4.78 is 5.05. The van der Waals surface area contributed by atoms with Crippen LogP contribution < -0.4 is 0 Å². The molecule has 122 valence electrons. The molecule has 0 bridgehead atoms. The largest absolute Gasteiger partial charge is 0.456 e. The van der Waals surface area contributed by atoms with Crippen molar-refractivity contribution in [3.63, 3.8) is 0 Å². The summed E-state index contributed by atoms with van der Waals surface area (Å²) in [6, 6.07) is 8.77. The summed E-state index contributed by atoms with van der Waals surface area (Å²) in [5.41, 5.74) is 0.688. The molecule has 2 rings (SSSR count). The van der Waals surface area contributed by atoms with E-state index in [2.05, 4.69) is 0 Å². The molecular weight excluding hydrogens is 292 g/mol. The van der Waals surface area contributed by atoms with Crippen LogP contribution in [0, 0.1) is 0 Å². The summed E-state index contributed by atoms with van der Waals surface area (Å²) in [6.07, 6.45) is -10.1. The fourth-order valence-corrected chi connectivity index (χ4v) is 2.45. The van der Waals surface area contributed by atoms with Crippen molar-refractivity contribution in [3.8, 4) is 0 Å². The molecule has 0 saturated heterocycles. The Morgan fingerprint density at radius 1 is 0.909 bits per heavy atom. The fraction of sp³-hybridized carbons (Fsp3) is 0.533. The Balaban J connectivity index is 2.10. The number of benzene rings is 1. The van der Waals surface area contributed by atoms with Gasteiger partial charge in [0.1, 0.15) is 30.5 Å². The predicted molar refractivity (Wildman–Crippen MR) is 74.8 cm³/mol. The zero-order chi connectivity index (χ0) is 16.4. The van der Waals surface area contributed by atoms with Gasteiger partial charge in [0.25, 0.3) is 0 Å². The second-order valence-corrected chi connectivity index (χ2v) is 5.49. The van der Waals surface area contributed by atoms with E-state index in [1.165, 1.54) is 0 Å². The lowest BCUT2D eigenvalue weighted by Crippen LogP contribution is -2.64. The second-order valence-electron chi connectivity index (χ2n) is 5.49. The SMILES string of the molecule is CC(C(=O)OC1C(O)C(O)C(O)C(O)C1O)c1ccccc1. The van der Waals surface area contributed by atoms with Crippen LogP contribution in [-0.4, -0.2) is 68.1 Å². The Morgan fingerprint density at radius 3 is 1.86 bits per heavy atom. The van der Waals surface area contributed by atoms with Gasteiger partial charge in [0, 0.05) is 0 Å². The molecule has 5 N–H and O–H groups in total. The van der Waals surface area contributed by atoms with Gasteiger partial charge in [-0.2, -0.15) is 0 Å². The van der Waals surface area contributed by atoms with Gasteiger partial charge in [0.2, 0.25) is 0 Å². The Bertz CT molecular complexity index is 490. The monoisotopic (exact) mass is 312 g/mol. The van der Waals surface area contributed by atoms with Gasteiger partial charge < -0.3 is 30.3 Å². The third kappa shape index (κ3) is 3.13. The molecule has 0 heterocycles. The molecular formula is C15H20O7. The third-order valence-corrected chi connectivity index (χ3v) is 3.98. The van der Waals surface area contributed by atoms with Crippen LogP contribution in [0.5, 0.6) is 0 Å². The zero-order valence-corrected chi connectivity index (χ0v) is 12.0. The van der Waals surface area contributed by atoms with Gasteiger partial charge in [-0.05, 0) is 12.5 Å². The average Bonchev–Trinajstić information content (AvgIpc) is 2.55. The molecule has 1 aliphatic carbocycles. The van der Waals surface area contributed by atoms with Crippen molar-refractivity contribution in [2.75, 3.05) is 0 Å². The molecule has 0 aromatic heterocycles. The second kappa shape index (κ2) is 6.72. The minimum absolute atomic E-state index is 0.651. The van der Waals surface area contributed by atoms with E-state index >= 15 is 0 Å². The summed E-state index contributed by atoms with van der Waals surface area (Å²) in [5, 5.41) is 48.4. The van der Waals surface area contributed by atoms with E-state index in [1.54, 1.807) is 37.3 Å². The summed E-state index contributed by atoms with van der Waals surface area (Å²) in [6.45, 7) is 1.60. The minimum Gasteiger partial charge on any atom is -0.456 e. The van der Waals surface area contributed by atoms with Gasteiger partial charge in [0.15, 0.2) is 6.10 Å². The third-order valence-electron chi connectivity index (χ3n) is 3.98. The van der Waals surface area contributed by atoms with Crippen LogP contribution in [0.15, 0.2) is 30.3 Å². The molecule has 1 aromatic carbocycles. The maximum Gasteiger partial charge on any atom is 0.313 e. The van der Waals surface area contributed by atoms with Crippen LogP contribution in [0.3, 0.4) is 0 Å². The number of rotatable bonds is 3. The quantitative estimate of drug-likeness (QED) is 0.431. The fourth-order valence-electron chi connectivity index (χ4n) is 2.45. The molecule has 1 aromatic rings. The first-order valence-corrected chi connectivity index (χ1v) is 7.00. The van der Waals surface area contributed by atoms with E-state index in [9.17, 15) is 30.3 Å². The van der Waals surface area contributed by atoms with Crippen molar-refractivity contribution in [2.45, 2.75) is 49.5 Å². The number of ether oxygens (including phenoxy) is 1. The lowest BCUT2D eigenvalue weighted by atomic mass is 9.84. The molecule has 0 spiro atoms. The summed E-state index contributed by atoms with van der Waals surface area (Å²) >= 11 is 0. The molecule has 0 aliphatic heterocycles. The van der Waals surface area contributed by atoms with Gasteiger partial charge in [-0.15, -0.1) is 0 Å². The first-order chi connectivity index (χ1) is 10.3. The molecule has 22 heavy (non-hydrogen) atoms. The Morgan fingerprint density at radius 2 is 1.36 bits per heavy atom. The van der Waals surface area contributed by atoms with Crippen LogP contribution in [-0.2, 0) is 9.53 Å². The van der Waals surface area contributed by atoms with Gasteiger partial charge >= 0.3 is 5.97 Å². The lowest BCUT2D eigenvalue weighted by molar-refractivity contribution is -0.234. The van der Waals surface area contributed by atoms with Crippen LogP contribution in [0.4, 0.5) is 0 Å². The van der Waals surface area contributed by atoms with Gasteiger partial charge in [-0.25, -0.2) is 0 Å².